The smallest absolute Gasteiger partial charge is 0.0649 e. The van der Waals surface area contributed by atoms with Crippen LogP contribution in [0, 0.1) is 5.41 Å². The van der Waals surface area contributed by atoms with Gasteiger partial charge in [0, 0.05) is 31.6 Å². The van der Waals surface area contributed by atoms with Crippen LogP contribution >= 0.6 is 23.1 Å². The quantitative estimate of drug-likeness (QED) is 0.845. The van der Waals surface area contributed by atoms with Crippen molar-refractivity contribution in [3.8, 4) is 0 Å². The van der Waals surface area contributed by atoms with Gasteiger partial charge < -0.3 is 10.1 Å². The monoisotopic (exact) mass is 299 g/mol. The molecule has 0 aliphatic carbocycles. The molecule has 0 radical (unpaired) electrons. The number of nitrogens with one attached hydrogen (secondary N) is 1. The first-order valence-corrected chi connectivity index (χ1v) is 8.74. The Bertz CT molecular complexity index is 403. The van der Waals surface area contributed by atoms with Gasteiger partial charge in [0.1, 0.15) is 0 Å². The second kappa shape index (κ2) is 6.61. The van der Waals surface area contributed by atoms with E-state index in [1.165, 1.54) is 16.2 Å². The van der Waals surface area contributed by atoms with E-state index in [9.17, 15) is 0 Å². The molecule has 2 rings (SSSR count). The minimum atomic E-state index is 0.292. The van der Waals surface area contributed by atoms with E-state index in [0.29, 0.717) is 16.7 Å². The molecule has 0 bridgehead atoms. The number of ether oxygens (including phenoxy) is 1. The number of rotatable bonds is 6. The standard InChI is InChI=1S/C15H25NOS2/c1-11-9-13(12-5-8-18-14(12)19-11)16-10-15(2,3)6-7-17-4/h5,8,11,13,16H,6-7,9-10H2,1-4H3/t11-,13?/m0/s1. The second-order valence-electron chi connectivity index (χ2n) is 6.17. The Labute approximate surface area is 125 Å². The van der Waals surface area contributed by atoms with Gasteiger partial charge in [0.25, 0.3) is 0 Å². The van der Waals surface area contributed by atoms with Gasteiger partial charge in [-0.15, -0.1) is 23.1 Å². The molecule has 1 unspecified atom stereocenters. The molecule has 2 nitrogen and oxygen atoms in total. The lowest BCUT2D eigenvalue weighted by atomic mass is 9.89. The van der Waals surface area contributed by atoms with Crippen LogP contribution in [0.4, 0.5) is 0 Å². The zero-order valence-electron chi connectivity index (χ0n) is 12.4. The van der Waals surface area contributed by atoms with E-state index < -0.39 is 0 Å². The summed E-state index contributed by atoms with van der Waals surface area (Å²) in [6, 6.07) is 2.82. The van der Waals surface area contributed by atoms with Crippen LogP contribution in [-0.2, 0) is 4.74 Å². The highest BCUT2D eigenvalue weighted by molar-refractivity contribution is 8.01. The van der Waals surface area contributed by atoms with E-state index in [0.717, 1.165) is 19.6 Å². The molecular formula is C15H25NOS2. The summed E-state index contributed by atoms with van der Waals surface area (Å²) >= 11 is 3.91. The maximum atomic E-state index is 5.20. The molecule has 2 heterocycles. The van der Waals surface area contributed by atoms with Crippen molar-refractivity contribution >= 4 is 23.1 Å². The van der Waals surface area contributed by atoms with Crippen LogP contribution in [0.3, 0.4) is 0 Å². The van der Waals surface area contributed by atoms with Gasteiger partial charge in [-0.05, 0) is 35.3 Å². The lowest BCUT2D eigenvalue weighted by molar-refractivity contribution is 0.148. The topological polar surface area (TPSA) is 21.3 Å². The molecule has 0 saturated heterocycles. The molecule has 0 aromatic carbocycles. The van der Waals surface area contributed by atoms with Crippen LogP contribution in [0.15, 0.2) is 15.7 Å². The number of methoxy groups -OCH3 is 1. The molecule has 2 atom stereocenters. The number of thiophene rings is 1. The lowest BCUT2D eigenvalue weighted by Gasteiger charge is -2.32. The summed E-state index contributed by atoms with van der Waals surface area (Å²) in [5.41, 5.74) is 1.80. The Kier molecular flexibility index (Phi) is 5.35. The SMILES string of the molecule is COCCC(C)(C)CNC1C[C@H](C)Sc2sccc21. The third-order valence-electron chi connectivity index (χ3n) is 3.72. The average Bonchev–Trinajstić information content (AvgIpc) is 2.81. The number of fused-ring (bicyclic) bond motifs is 1. The van der Waals surface area contributed by atoms with Crippen LogP contribution in [0.1, 0.15) is 45.2 Å². The largest absolute Gasteiger partial charge is 0.385 e. The zero-order chi connectivity index (χ0) is 13.9. The van der Waals surface area contributed by atoms with Gasteiger partial charge in [-0.2, -0.15) is 0 Å². The second-order valence-corrected chi connectivity index (χ2v) is 8.79. The normalized spacial score (nSPS) is 23.4. The highest BCUT2D eigenvalue weighted by Gasteiger charge is 2.27. The van der Waals surface area contributed by atoms with E-state index >= 15 is 0 Å². The third-order valence-corrected chi connectivity index (χ3v) is 6.06. The third kappa shape index (κ3) is 4.22. The molecule has 19 heavy (non-hydrogen) atoms. The van der Waals surface area contributed by atoms with Gasteiger partial charge in [0.15, 0.2) is 0 Å². The maximum absolute atomic E-state index is 5.20. The molecule has 1 aliphatic heterocycles. The summed E-state index contributed by atoms with van der Waals surface area (Å²) < 4.78 is 6.71. The van der Waals surface area contributed by atoms with Crippen molar-refractivity contribution in [2.24, 2.45) is 5.41 Å². The van der Waals surface area contributed by atoms with Crippen molar-refractivity contribution in [2.75, 3.05) is 20.3 Å². The highest BCUT2D eigenvalue weighted by atomic mass is 32.2. The van der Waals surface area contributed by atoms with E-state index in [1.807, 2.05) is 23.1 Å². The van der Waals surface area contributed by atoms with Crippen molar-refractivity contribution in [1.82, 2.24) is 5.32 Å². The number of hydrogen-bond acceptors (Lipinski definition) is 4. The summed E-state index contributed by atoms with van der Waals surface area (Å²) in [4.78, 5) is 0. The van der Waals surface area contributed by atoms with Crippen LogP contribution in [0.2, 0.25) is 0 Å². The Morgan fingerprint density at radius 3 is 3.00 bits per heavy atom. The van der Waals surface area contributed by atoms with Gasteiger partial charge in [-0.25, -0.2) is 0 Å². The highest BCUT2D eigenvalue weighted by Crippen LogP contribution is 2.43. The molecule has 4 heteroatoms. The van der Waals surface area contributed by atoms with E-state index in [1.54, 1.807) is 7.11 Å². The summed E-state index contributed by atoms with van der Waals surface area (Å²) in [6.07, 6.45) is 2.33. The fourth-order valence-electron chi connectivity index (χ4n) is 2.41. The first-order chi connectivity index (χ1) is 9.02. The summed E-state index contributed by atoms with van der Waals surface area (Å²) in [7, 11) is 1.78. The molecule has 1 N–H and O–H groups in total. The predicted molar refractivity (Wildman–Crippen MR) is 85.3 cm³/mol. The number of hydrogen-bond donors (Lipinski definition) is 1. The maximum Gasteiger partial charge on any atom is 0.0649 e. The Balaban J connectivity index is 1.93. The fourth-order valence-corrected chi connectivity index (χ4v) is 4.98. The van der Waals surface area contributed by atoms with E-state index in [-0.39, 0.29) is 0 Å². The molecule has 1 aromatic heterocycles. The molecule has 0 amide bonds. The predicted octanol–water partition coefficient (Wildman–Crippen LogP) is 4.33. The Hall–Kier alpha value is -0.0300. The molecule has 108 valence electrons. The van der Waals surface area contributed by atoms with Crippen molar-refractivity contribution in [1.29, 1.82) is 0 Å². The number of thioether (sulfide) groups is 1. The van der Waals surface area contributed by atoms with Crippen LogP contribution < -0.4 is 5.32 Å². The fraction of sp³-hybridized carbons (Fsp3) is 0.733. The van der Waals surface area contributed by atoms with Crippen molar-refractivity contribution in [2.45, 2.75) is 49.1 Å². The van der Waals surface area contributed by atoms with E-state index in [4.69, 9.17) is 4.74 Å². The van der Waals surface area contributed by atoms with Gasteiger partial charge in [-0.3, -0.25) is 0 Å². The lowest BCUT2D eigenvalue weighted by Crippen LogP contribution is -2.35. The van der Waals surface area contributed by atoms with Gasteiger partial charge in [-0.1, -0.05) is 20.8 Å². The zero-order valence-corrected chi connectivity index (χ0v) is 14.0. The molecule has 0 spiro atoms. The van der Waals surface area contributed by atoms with Crippen LogP contribution in [0.25, 0.3) is 0 Å². The summed E-state index contributed by atoms with van der Waals surface area (Å²) in [5, 5.41) is 6.72. The van der Waals surface area contributed by atoms with Crippen LogP contribution in [0.5, 0.6) is 0 Å². The van der Waals surface area contributed by atoms with Gasteiger partial charge in [0.2, 0.25) is 0 Å². The molecular weight excluding hydrogens is 274 g/mol. The molecule has 0 saturated carbocycles. The van der Waals surface area contributed by atoms with Crippen molar-refractivity contribution in [3.63, 3.8) is 0 Å². The summed E-state index contributed by atoms with van der Waals surface area (Å²) in [6.45, 7) is 8.85. The van der Waals surface area contributed by atoms with Crippen molar-refractivity contribution < 1.29 is 4.74 Å². The molecule has 1 aliphatic rings. The molecule has 1 aromatic rings. The minimum absolute atomic E-state index is 0.292. The van der Waals surface area contributed by atoms with E-state index in [2.05, 4.69) is 37.5 Å². The van der Waals surface area contributed by atoms with Gasteiger partial charge in [0.05, 0.1) is 4.21 Å². The Morgan fingerprint density at radius 2 is 2.26 bits per heavy atom. The summed E-state index contributed by atoms with van der Waals surface area (Å²) in [5.74, 6) is 0. The average molecular weight is 300 g/mol. The van der Waals surface area contributed by atoms with Crippen LogP contribution in [-0.4, -0.2) is 25.5 Å². The van der Waals surface area contributed by atoms with Crippen molar-refractivity contribution in [3.05, 3.63) is 17.0 Å². The Morgan fingerprint density at radius 1 is 1.47 bits per heavy atom. The first-order valence-electron chi connectivity index (χ1n) is 6.98. The molecule has 0 fully saturated rings. The minimum Gasteiger partial charge on any atom is -0.385 e. The first kappa shape index (κ1) is 15.4. The van der Waals surface area contributed by atoms with Gasteiger partial charge >= 0.3 is 0 Å².